The monoisotopic (exact) mass is 202 g/mol. The molecular formula is C12H16N3+. The van der Waals surface area contributed by atoms with Crippen LogP contribution >= 0.6 is 0 Å². The van der Waals surface area contributed by atoms with Gasteiger partial charge in [-0.05, 0) is 0 Å². The van der Waals surface area contributed by atoms with Crippen molar-refractivity contribution in [3.05, 3.63) is 54.6 Å². The highest BCUT2D eigenvalue weighted by atomic mass is 15.0. The summed E-state index contributed by atoms with van der Waals surface area (Å²) in [5.41, 5.74) is 5.48. The van der Waals surface area contributed by atoms with Gasteiger partial charge in [0, 0.05) is 30.9 Å². The Hall–Kier alpha value is -1.61. The quantitative estimate of drug-likeness (QED) is 0.797. The molecule has 0 unspecified atom stereocenters. The molecular weight excluding hydrogens is 186 g/mol. The van der Waals surface area contributed by atoms with Crippen molar-refractivity contribution in [1.29, 1.82) is 0 Å². The first-order valence-electron chi connectivity index (χ1n) is 5.20. The molecule has 0 amide bonds. The average Bonchev–Trinajstić information content (AvgIpc) is 2.80. The van der Waals surface area contributed by atoms with Crippen LogP contribution < -0.4 is 5.73 Å². The molecule has 0 aliphatic heterocycles. The Morgan fingerprint density at radius 3 is 2.73 bits per heavy atom. The molecule has 3 nitrogen and oxygen atoms in total. The molecule has 2 rings (SSSR count). The largest absolute Gasteiger partial charge is 0.351 e. The van der Waals surface area contributed by atoms with Crippen LogP contribution in [-0.2, 0) is 6.54 Å². The summed E-state index contributed by atoms with van der Waals surface area (Å²) in [5, 5.41) is 0. The van der Waals surface area contributed by atoms with Crippen molar-refractivity contribution in [1.82, 2.24) is 9.55 Å². The van der Waals surface area contributed by atoms with Crippen molar-refractivity contribution < 1.29 is 5.73 Å². The van der Waals surface area contributed by atoms with Crippen LogP contribution in [-0.4, -0.2) is 9.55 Å². The van der Waals surface area contributed by atoms with Gasteiger partial charge in [0.25, 0.3) is 0 Å². The Morgan fingerprint density at radius 2 is 2.07 bits per heavy atom. The Morgan fingerprint density at radius 1 is 1.27 bits per heavy atom. The second-order valence-corrected chi connectivity index (χ2v) is 3.70. The van der Waals surface area contributed by atoms with Crippen LogP contribution in [0, 0.1) is 0 Å². The molecule has 1 aromatic heterocycles. The molecule has 78 valence electrons. The molecule has 0 aliphatic rings. The lowest BCUT2D eigenvalue weighted by Gasteiger charge is -2.08. The maximum absolute atomic E-state index is 4.17. The maximum atomic E-state index is 4.17. The van der Waals surface area contributed by atoms with E-state index >= 15 is 0 Å². The standard InChI is InChI=1S/C12H15N3/c13-12(11-4-2-1-3-5-11)6-8-15-9-7-14-10-15/h1-5,7,9-10,12H,6,8,13H2/p+1/t12-/m0/s1. The van der Waals surface area contributed by atoms with Gasteiger partial charge in [0.15, 0.2) is 0 Å². The van der Waals surface area contributed by atoms with E-state index in [0.29, 0.717) is 6.04 Å². The Balaban J connectivity index is 1.90. The van der Waals surface area contributed by atoms with Crippen molar-refractivity contribution in [2.24, 2.45) is 0 Å². The Bertz CT molecular complexity index is 381. The SMILES string of the molecule is [NH3+][C@@H](CCn1ccnc1)c1ccccc1. The maximum Gasteiger partial charge on any atom is 0.112 e. The normalized spacial score (nSPS) is 12.6. The predicted octanol–water partition coefficient (Wildman–Crippen LogP) is 1.26. The zero-order valence-electron chi connectivity index (χ0n) is 8.71. The van der Waals surface area contributed by atoms with Crippen molar-refractivity contribution in [2.75, 3.05) is 0 Å². The van der Waals surface area contributed by atoms with Gasteiger partial charge in [-0.15, -0.1) is 0 Å². The van der Waals surface area contributed by atoms with Gasteiger partial charge in [-0.2, -0.15) is 0 Å². The smallest absolute Gasteiger partial charge is 0.112 e. The number of imidazole rings is 1. The van der Waals surface area contributed by atoms with E-state index in [1.807, 2.05) is 18.6 Å². The van der Waals surface area contributed by atoms with Gasteiger partial charge in [0.2, 0.25) is 0 Å². The zero-order chi connectivity index (χ0) is 10.5. The van der Waals surface area contributed by atoms with Gasteiger partial charge in [-0.1, -0.05) is 30.3 Å². The van der Waals surface area contributed by atoms with Gasteiger partial charge in [0.1, 0.15) is 6.04 Å². The summed E-state index contributed by atoms with van der Waals surface area (Å²) in [6, 6.07) is 10.8. The number of aromatic nitrogens is 2. The zero-order valence-corrected chi connectivity index (χ0v) is 8.71. The van der Waals surface area contributed by atoms with Crippen LogP contribution in [0.1, 0.15) is 18.0 Å². The van der Waals surface area contributed by atoms with E-state index in [4.69, 9.17) is 0 Å². The molecule has 0 spiro atoms. The van der Waals surface area contributed by atoms with Crippen LogP contribution in [0.4, 0.5) is 0 Å². The average molecular weight is 202 g/mol. The summed E-state index contributed by atoms with van der Waals surface area (Å²) >= 11 is 0. The molecule has 15 heavy (non-hydrogen) atoms. The second kappa shape index (κ2) is 4.75. The van der Waals surface area contributed by atoms with E-state index in [-0.39, 0.29) is 0 Å². The first kappa shape index (κ1) is 9.93. The number of rotatable bonds is 4. The highest BCUT2D eigenvalue weighted by Crippen LogP contribution is 2.11. The molecule has 3 heteroatoms. The fourth-order valence-electron chi connectivity index (χ4n) is 1.62. The number of hydrogen-bond acceptors (Lipinski definition) is 1. The lowest BCUT2D eigenvalue weighted by atomic mass is 10.1. The van der Waals surface area contributed by atoms with Crippen molar-refractivity contribution in [3.8, 4) is 0 Å². The van der Waals surface area contributed by atoms with Crippen molar-refractivity contribution >= 4 is 0 Å². The number of aryl methyl sites for hydroxylation is 1. The summed E-state index contributed by atoms with van der Waals surface area (Å²) in [6.45, 7) is 0.975. The Labute approximate surface area is 89.6 Å². The highest BCUT2D eigenvalue weighted by molar-refractivity contribution is 5.16. The molecule has 0 saturated carbocycles. The van der Waals surface area contributed by atoms with Crippen LogP contribution in [0.15, 0.2) is 49.1 Å². The molecule has 3 N–H and O–H groups in total. The number of benzene rings is 1. The van der Waals surface area contributed by atoms with Crippen molar-refractivity contribution in [2.45, 2.75) is 19.0 Å². The molecule has 0 radical (unpaired) electrons. The minimum atomic E-state index is 0.355. The minimum absolute atomic E-state index is 0.355. The first-order chi connectivity index (χ1) is 7.36. The van der Waals surface area contributed by atoms with Crippen LogP contribution in [0.5, 0.6) is 0 Å². The first-order valence-corrected chi connectivity index (χ1v) is 5.20. The topological polar surface area (TPSA) is 45.5 Å². The molecule has 0 fully saturated rings. The van der Waals surface area contributed by atoms with Gasteiger partial charge in [-0.3, -0.25) is 0 Å². The van der Waals surface area contributed by atoms with Crippen molar-refractivity contribution in [3.63, 3.8) is 0 Å². The molecule has 0 bridgehead atoms. The number of hydrogen-bond donors (Lipinski definition) is 1. The van der Waals surface area contributed by atoms with Gasteiger partial charge < -0.3 is 10.3 Å². The third kappa shape index (κ3) is 2.67. The number of nitrogens with zero attached hydrogens (tertiary/aromatic N) is 2. The molecule has 1 heterocycles. The van der Waals surface area contributed by atoms with Crippen LogP contribution in [0.2, 0.25) is 0 Å². The molecule has 0 aliphatic carbocycles. The fourth-order valence-corrected chi connectivity index (χ4v) is 1.62. The number of quaternary nitrogens is 1. The highest BCUT2D eigenvalue weighted by Gasteiger charge is 2.08. The molecule has 1 atom stereocenters. The summed E-state index contributed by atoms with van der Waals surface area (Å²) in [5.74, 6) is 0. The molecule has 0 saturated heterocycles. The summed E-state index contributed by atoms with van der Waals surface area (Å²) in [7, 11) is 0. The van der Waals surface area contributed by atoms with E-state index in [9.17, 15) is 0 Å². The fraction of sp³-hybridized carbons (Fsp3) is 0.250. The van der Waals surface area contributed by atoms with Gasteiger partial charge in [0.05, 0.1) is 6.33 Å². The summed E-state index contributed by atoms with van der Waals surface area (Å²) in [4.78, 5) is 4.02. The van der Waals surface area contributed by atoms with E-state index in [2.05, 4.69) is 39.6 Å². The van der Waals surface area contributed by atoms with Gasteiger partial charge in [-0.25, -0.2) is 4.98 Å². The van der Waals surface area contributed by atoms with E-state index in [1.165, 1.54) is 5.56 Å². The van der Waals surface area contributed by atoms with E-state index in [0.717, 1.165) is 13.0 Å². The van der Waals surface area contributed by atoms with Crippen LogP contribution in [0.3, 0.4) is 0 Å². The summed E-state index contributed by atoms with van der Waals surface area (Å²) < 4.78 is 2.08. The second-order valence-electron chi connectivity index (χ2n) is 3.70. The van der Waals surface area contributed by atoms with Crippen LogP contribution in [0.25, 0.3) is 0 Å². The molecule has 1 aromatic carbocycles. The lowest BCUT2D eigenvalue weighted by Crippen LogP contribution is -2.53. The predicted molar refractivity (Wildman–Crippen MR) is 58.9 cm³/mol. The third-order valence-corrected chi connectivity index (χ3v) is 2.57. The van der Waals surface area contributed by atoms with E-state index < -0.39 is 0 Å². The summed E-state index contributed by atoms with van der Waals surface area (Å²) in [6.07, 6.45) is 6.68. The molecule has 2 aromatic rings. The Kier molecular flexibility index (Phi) is 3.15. The minimum Gasteiger partial charge on any atom is -0.351 e. The van der Waals surface area contributed by atoms with E-state index in [1.54, 1.807) is 6.20 Å². The third-order valence-electron chi connectivity index (χ3n) is 2.57. The van der Waals surface area contributed by atoms with Gasteiger partial charge >= 0.3 is 0 Å². The lowest BCUT2D eigenvalue weighted by molar-refractivity contribution is -0.428.